The standard InChI is InChI=1S/C17H30N4O2/c1-5-21(6-2)12-11-20-17(18)19-10-9-14-7-8-15(22-3)16(13-14)23-4/h7-8,13H,5-6,9-12H2,1-4H3,(H3,18,19,20). The SMILES string of the molecule is CCN(CC)CCN=C(N)NCCc1ccc(OC)c(OC)c1. The van der Waals surface area contributed by atoms with E-state index in [0.717, 1.165) is 56.2 Å². The van der Waals surface area contributed by atoms with E-state index in [0.29, 0.717) is 5.96 Å². The lowest BCUT2D eigenvalue weighted by molar-refractivity contribution is 0.313. The van der Waals surface area contributed by atoms with Crippen LogP contribution < -0.4 is 20.5 Å². The Morgan fingerprint density at radius 2 is 1.87 bits per heavy atom. The van der Waals surface area contributed by atoms with Crippen LogP contribution in [0.1, 0.15) is 19.4 Å². The van der Waals surface area contributed by atoms with Gasteiger partial charge in [-0.2, -0.15) is 0 Å². The lowest BCUT2D eigenvalue weighted by Gasteiger charge is -2.16. The summed E-state index contributed by atoms with van der Waals surface area (Å²) >= 11 is 0. The van der Waals surface area contributed by atoms with Gasteiger partial charge in [0.05, 0.1) is 20.8 Å². The molecule has 0 aliphatic heterocycles. The van der Waals surface area contributed by atoms with E-state index in [-0.39, 0.29) is 0 Å². The molecule has 0 amide bonds. The highest BCUT2D eigenvalue weighted by Gasteiger charge is 2.04. The Labute approximate surface area is 139 Å². The average Bonchev–Trinajstić information content (AvgIpc) is 2.58. The molecule has 0 heterocycles. The maximum atomic E-state index is 5.88. The number of hydrogen-bond acceptors (Lipinski definition) is 4. The van der Waals surface area contributed by atoms with Crippen LogP contribution in [0.3, 0.4) is 0 Å². The van der Waals surface area contributed by atoms with Crippen molar-refractivity contribution in [1.82, 2.24) is 10.2 Å². The van der Waals surface area contributed by atoms with Crippen LogP contribution in [-0.2, 0) is 6.42 Å². The highest BCUT2D eigenvalue weighted by Crippen LogP contribution is 2.27. The summed E-state index contributed by atoms with van der Waals surface area (Å²) in [5, 5.41) is 3.14. The number of nitrogens with one attached hydrogen (secondary N) is 1. The van der Waals surface area contributed by atoms with Crippen molar-refractivity contribution in [1.29, 1.82) is 0 Å². The van der Waals surface area contributed by atoms with Crippen LogP contribution in [0.15, 0.2) is 23.2 Å². The lowest BCUT2D eigenvalue weighted by Crippen LogP contribution is -2.34. The average molecular weight is 322 g/mol. The third kappa shape index (κ3) is 6.78. The summed E-state index contributed by atoms with van der Waals surface area (Å²) in [5.41, 5.74) is 7.04. The molecular weight excluding hydrogens is 292 g/mol. The summed E-state index contributed by atoms with van der Waals surface area (Å²) in [5.74, 6) is 1.98. The van der Waals surface area contributed by atoms with Gasteiger partial charge in [-0.15, -0.1) is 0 Å². The van der Waals surface area contributed by atoms with Gasteiger partial charge in [0.2, 0.25) is 0 Å². The van der Waals surface area contributed by atoms with Gasteiger partial charge in [0.25, 0.3) is 0 Å². The predicted molar refractivity (Wildman–Crippen MR) is 95.5 cm³/mol. The third-order valence-electron chi connectivity index (χ3n) is 3.76. The molecule has 0 aromatic heterocycles. The second-order valence-electron chi connectivity index (χ2n) is 5.16. The van der Waals surface area contributed by atoms with Crippen molar-refractivity contribution in [2.24, 2.45) is 10.7 Å². The quantitative estimate of drug-likeness (QED) is 0.504. The van der Waals surface area contributed by atoms with E-state index in [4.69, 9.17) is 15.2 Å². The molecule has 0 bridgehead atoms. The first-order valence-electron chi connectivity index (χ1n) is 8.11. The van der Waals surface area contributed by atoms with E-state index in [9.17, 15) is 0 Å². The lowest BCUT2D eigenvalue weighted by atomic mass is 10.1. The number of nitrogens with two attached hydrogens (primary N) is 1. The van der Waals surface area contributed by atoms with Gasteiger partial charge in [0.15, 0.2) is 17.5 Å². The van der Waals surface area contributed by atoms with Crippen molar-refractivity contribution in [3.05, 3.63) is 23.8 Å². The number of hydrogen-bond donors (Lipinski definition) is 2. The topological polar surface area (TPSA) is 72.1 Å². The molecule has 0 aliphatic carbocycles. The van der Waals surface area contributed by atoms with Gasteiger partial charge < -0.3 is 25.4 Å². The van der Waals surface area contributed by atoms with Crippen LogP contribution in [0.5, 0.6) is 11.5 Å². The number of ether oxygens (including phenoxy) is 2. The minimum absolute atomic E-state index is 0.498. The van der Waals surface area contributed by atoms with E-state index in [2.05, 4.69) is 29.1 Å². The molecule has 3 N–H and O–H groups in total. The second kappa shape index (κ2) is 10.7. The van der Waals surface area contributed by atoms with Gasteiger partial charge in [-0.25, -0.2) is 0 Å². The maximum absolute atomic E-state index is 5.88. The van der Waals surface area contributed by atoms with Crippen LogP contribution in [0.25, 0.3) is 0 Å². The molecule has 0 fully saturated rings. The van der Waals surface area contributed by atoms with Crippen LogP contribution in [0.2, 0.25) is 0 Å². The Balaban J connectivity index is 2.38. The minimum atomic E-state index is 0.498. The molecule has 23 heavy (non-hydrogen) atoms. The largest absolute Gasteiger partial charge is 0.493 e. The molecule has 1 rings (SSSR count). The Morgan fingerprint density at radius 3 is 2.48 bits per heavy atom. The van der Waals surface area contributed by atoms with Crippen molar-refractivity contribution in [3.63, 3.8) is 0 Å². The van der Waals surface area contributed by atoms with E-state index < -0.39 is 0 Å². The molecular formula is C17H30N4O2. The number of guanidine groups is 1. The first kappa shape index (κ1) is 19.1. The van der Waals surface area contributed by atoms with E-state index in [1.54, 1.807) is 14.2 Å². The number of nitrogens with zero attached hydrogens (tertiary/aromatic N) is 2. The summed E-state index contributed by atoms with van der Waals surface area (Å²) < 4.78 is 10.5. The van der Waals surface area contributed by atoms with Crippen molar-refractivity contribution in [2.75, 3.05) is 46.9 Å². The number of benzene rings is 1. The summed E-state index contributed by atoms with van der Waals surface area (Å²) in [6.45, 7) is 8.77. The Hall–Kier alpha value is -1.95. The Kier molecular flexibility index (Phi) is 8.90. The second-order valence-corrected chi connectivity index (χ2v) is 5.16. The van der Waals surface area contributed by atoms with Crippen molar-refractivity contribution < 1.29 is 9.47 Å². The zero-order valence-electron chi connectivity index (χ0n) is 14.8. The summed E-state index contributed by atoms with van der Waals surface area (Å²) in [6.07, 6.45) is 0.840. The molecule has 0 saturated heterocycles. The first-order chi connectivity index (χ1) is 11.1. The fraction of sp³-hybridized carbons (Fsp3) is 0.588. The van der Waals surface area contributed by atoms with E-state index >= 15 is 0 Å². The first-order valence-corrected chi connectivity index (χ1v) is 8.11. The number of rotatable bonds is 10. The molecule has 0 unspecified atom stereocenters. The minimum Gasteiger partial charge on any atom is -0.493 e. The molecule has 0 spiro atoms. The van der Waals surface area contributed by atoms with Gasteiger partial charge in [0.1, 0.15) is 0 Å². The van der Waals surface area contributed by atoms with E-state index in [1.807, 2.05) is 18.2 Å². The van der Waals surface area contributed by atoms with Crippen LogP contribution in [0.4, 0.5) is 0 Å². The number of likely N-dealkylation sites (N-methyl/N-ethyl adjacent to an activating group) is 1. The molecule has 6 nitrogen and oxygen atoms in total. The number of aliphatic imine (C=N–C) groups is 1. The fourth-order valence-corrected chi connectivity index (χ4v) is 2.28. The van der Waals surface area contributed by atoms with Gasteiger partial charge in [0, 0.05) is 13.1 Å². The van der Waals surface area contributed by atoms with Crippen molar-refractivity contribution >= 4 is 5.96 Å². The van der Waals surface area contributed by atoms with Gasteiger partial charge in [-0.3, -0.25) is 4.99 Å². The normalized spacial score (nSPS) is 11.6. The van der Waals surface area contributed by atoms with Crippen LogP contribution >= 0.6 is 0 Å². The molecule has 0 aliphatic rings. The smallest absolute Gasteiger partial charge is 0.188 e. The van der Waals surface area contributed by atoms with Gasteiger partial charge >= 0.3 is 0 Å². The molecule has 130 valence electrons. The van der Waals surface area contributed by atoms with Crippen molar-refractivity contribution in [2.45, 2.75) is 20.3 Å². The Morgan fingerprint density at radius 1 is 1.17 bits per heavy atom. The van der Waals surface area contributed by atoms with Gasteiger partial charge in [-0.1, -0.05) is 19.9 Å². The highest BCUT2D eigenvalue weighted by molar-refractivity contribution is 5.77. The Bertz CT molecular complexity index is 487. The molecule has 0 saturated carbocycles. The summed E-state index contributed by atoms with van der Waals surface area (Å²) in [4.78, 5) is 6.67. The zero-order chi connectivity index (χ0) is 17.1. The molecule has 1 aromatic carbocycles. The molecule has 6 heteroatoms. The summed E-state index contributed by atoms with van der Waals surface area (Å²) in [7, 11) is 3.27. The maximum Gasteiger partial charge on any atom is 0.188 e. The van der Waals surface area contributed by atoms with Gasteiger partial charge in [-0.05, 0) is 37.2 Å². The van der Waals surface area contributed by atoms with Crippen LogP contribution in [0, 0.1) is 0 Å². The van der Waals surface area contributed by atoms with Crippen molar-refractivity contribution in [3.8, 4) is 11.5 Å². The third-order valence-corrected chi connectivity index (χ3v) is 3.76. The monoisotopic (exact) mass is 322 g/mol. The molecule has 0 radical (unpaired) electrons. The van der Waals surface area contributed by atoms with E-state index in [1.165, 1.54) is 0 Å². The predicted octanol–water partition coefficient (Wildman–Crippen LogP) is 1.49. The summed E-state index contributed by atoms with van der Waals surface area (Å²) in [6, 6.07) is 5.92. The van der Waals surface area contributed by atoms with Crippen LogP contribution in [-0.4, -0.2) is 57.8 Å². The highest BCUT2D eigenvalue weighted by atomic mass is 16.5. The fourth-order valence-electron chi connectivity index (χ4n) is 2.28. The molecule has 0 atom stereocenters. The number of methoxy groups -OCH3 is 2. The molecule has 1 aromatic rings. The zero-order valence-corrected chi connectivity index (χ0v) is 14.8.